The number of amides is 1. The van der Waals surface area contributed by atoms with Gasteiger partial charge in [-0.1, -0.05) is 0 Å². The van der Waals surface area contributed by atoms with Crippen LogP contribution in [0.2, 0.25) is 0 Å². The molecule has 2 aromatic rings. The SMILES string of the molecule is COc1cc2c(cc1OC)CN(C(=O)CCCNCc1ccc(C)o1)CC2. The van der Waals surface area contributed by atoms with Crippen molar-refractivity contribution < 1.29 is 18.7 Å². The Morgan fingerprint density at radius 1 is 1.19 bits per heavy atom. The lowest BCUT2D eigenvalue weighted by Crippen LogP contribution is -2.36. The number of hydrogen-bond acceptors (Lipinski definition) is 5. The van der Waals surface area contributed by atoms with Crippen molar-refractivity contribution >= 4 is 5.91 Å². The number of aryl methyl sites for hydroxylation is 1. The molecule has 0 saturated heterocycles. The van der Waals surface area contributed by atoms with Gasteiger partial charge in [-0.25, -0.2) is 0 Å². The van der Waals surface area contributed by atoms with E-state index >= 15 is 0 Å². The van der Waals surface area contributed by atoms with Gasteiger partial charge in [0.1, 0.15) is 11.5 Å². The highest BCUT2D eigenvalue weighted by Crippen LogP contribution is 2.33. The van der Waals surface area contributed by atoms with Crippen LogP contribution in [-0.2, 0) is 24.3 Å². The van der Waals surface area contributed by atoms with Gasteiger partial charge in [-0.2, -0.15) is 0 Å². The second-order valence-electron chi connectivity index (χ2n) is 6.83. The number of rotatable bonds is 8. The first kappa shape index (κ1) is 19.3. The second kappa shape index (κ2) is 8.95. The number of nitrogens with zero attached hydrogens (tertiary/aromatic N) is 1. The maximum atomic E-state index is 12.5. The van der Waals surface area contributed by atoms with Crippen molar-refractivity contribution in [2.24, 2.45) is 0 Å². The Bertz CT molecular complexity index is 784. The molecular formula is C21H28N2O4. The number of nitrogens with one attached hydrogen (secondary N) is 1. The number of hydrogen-bond donors (Lipinski definition) is 1. The Morgan fingerprint density at radius 3 is 2.59 bits per heavy atom. The number of carbonyl (C=O) groups excluding carboxylic acids is 1. The molecule has 1 aromatic carbocycles. The van der Waals surface area contributed by atoms with Crippen LogP contribution >= 0.6 is 0 Å². The monoisotopic (exact) mass is 372 g/mol. The van der Waals surface area contributed by atoms with E-state index in [1.807, 2.05) is 36.1 Å². The van der Waals surface area contributed by atoms with Gasteiger partial charge < -0.3 is 24.1 Å². The van der Waals surface area contributed by atoms with Crippen LogP contribution in [0.5, 0.6) is 11.5 Å². The highest BCUT2D eigenvalue weighted by molar-refractivity contribution is 5.76. The van der Waals surface area contributed by atoms with Gasteiger partial charge in [0.25, 0.3) is 0 Å². The van der Waals surface area contributed by atoms with Crippen molar-refractivity contribution in [3.63, 3.8) is 0 Å². The van der Waals surface area contributed by atoms with E-state index in [0.29, 0.717) is 25.3 Å². The topological polar surface area (TPSA) is 63.9 Å². The third-order valence-corrected chi connectivity index (χ3v) is 4.91. The maximum absolute atomic E-state index is 12.5. The predicted molar refractivity (Wildman–Crippen MR) is 103 cm³/mol. The Kier molecular flexibility index (Phi) is 6.40. The number of benzene rings is 1. The van der Waals surface area contributed by atoms with Crippen LogP contribution in [0.15, 0.2) is 28.7 Å². The van der Waals surface area contributed by atoms with Crippen LogP contribution in [0.4, 0.5) is 0 Å². The van der Waals surface area contributed by atoms with Crippen LogP contribution in [0.1, 0.15) is 35.5 Å². The average molecular weight is 372 g/mol. The molecule has 1 aromatic heterocycles. The van der Waals surface area contributed by atoms with E-state index in [4.69, 9.17) is 13.9 Å². The molecule has 146 valence electrons. The van der Waals surface area contributed by atoms with Gasteiger partial charge in [-0.05, 0) is 61.7 Å². The van der Waals surface area contributed by atoms with E-state index in [1.165, 1.54) is 5.56 Å². The standard InChI is InChI=1S/C21H28N2O4/c1-15-6-7-18(27-15)13-22-9-4-5-21(24)23-10-8-16-11-19(25-2)20(26-3)12-17(16)14-23/h6-7,11-12,22H,4-5,8-10,13-14H2,1-3H3. The minimum absolute atomic E-state index is 0.200. The normalized spacial score (nSPS) is 13.4. The first-order valence-corrected chi connectivity index (χ1v) is 9.38. The molecule has 1 N–H and O–H groups in total. The third kappa shape index (κ3) is 4.83. The molecule has 1 aliphatic rings. The summed E-state index contributed by atoms with van der Waals surface area (Å²) in [4.78, 5) is 14.5. The first-order chi connectivity index (χ1) is 13.1. The molecule has 1 amide bonds. The van der Waals surface area contributed by atoms with Crippen LogP contribution < -0.4 is 14.8 Å². The van der Waals surface area contributed by atoms with Gasteiger partial charge in [0.15, 0.2) is 11.5 Å². The molecule has 0 saturated carbocycles. The molecule has 27 heavy (non-hydrogen) atoms. The van der Waals surface area contributed by atoms with E-state index in [-0.39, 0.29) is 5.91 Å². The second-order valence-corrected chi connectivity index (χ2v) is 6.83. The van der Waals surface area contributed by atoms with Crippen molar-refractivity contribution in [1.29, 1.82) is 0 Å². The molecule has 0 radical (unpaired) electrons. The molecule has 0 aliphatic carbocycles. The summed E-state index contributed by atoms with van der Waals surface area (Å²) in [7, 11) is 3.27. The van der Waals surface area contributed by atoms with E-state index in [2.05, 4.69) is 5.32 Å². The Morgan fingerprint density at radius 2 is 1.93 bits per heavy atom. The number of carbonyl (C=O) groups is 1. The van der Waals surface area contributed by atoms with Gasteiger partial charge in [-0.15, -0.1) is 0 Å². The van der Waals surface area contributed by atoms with Crippen LogP contribution in [-0.4, -0.2) is 38.1 Å². The Hall–Kier alpha value is -2.47. The maximum Gasteiger partial charge on any atom is 0.222 e. The van der Waals surface area contributed by atoms with E-state index in [1.54, 1.807) is 14.2 Å². The van der Waals surface area contributed by atoms with Crippen molar-refractivity contribution in [3.8, 4) is 11.5 Å². The molecule has 1 aliphatic heterocycles. The number of methoxy groups -OCH3 is 2. The van der Waals surface area contributed by atoms with E-state index in [9.17, 15) is 4.79 Å². The van der Waals surface area contributed by atoms with Gasteiger partial charge >= 0.3 is 0 Å². The molecule has 0 atom stereocenters. The minimum Gasteiger partial charge on any atom is -0.493 e. The highest BCUT2D eigenvalue weighted by Gasteiger charge is 2.22. The summed E-state index contributed by atoms with van der Waals surface area (Å²) in [6.07, 6.45) is 2.21. The highest BCUT2D eigenvalue weighted by atomic mass is 16.5. The summed E-state index contributed by atoms with van der Waals surface area (Å²) in [5.41, 5.74) is 2.37. The molecule has 2 heterocycles. The van der Waals surface area contributed by atoms with Crippen molar-refractivity contribution in [1.82, 2.24) is 10.2 Å². The summed E-state index contributed by atoms with van der Waals surface area (Å²) in [6.45, 7) is 4.81. The summed E-state index contributed by atoms with van der Waals surface area (Å²) >= 11 is 0. The summed E-state index contributed by atoms with van der Waals surface area (Å²) in [5, 5.41) is 3.32. The lowest BCUT2D eigenvalue weighted by Gasteiger charge is -2.29. The lowest BCUT2D eigenvalue weighted by molar-refractivity contribution is -0.132. The van der Waals surface area contributed by atoms with Crippen LogP contribution in [0, 0.1) is 6.92 Å². The quantitative estimate of drug-likeness (QED) is 0.722. The molecule has 6 heteroatoms. The predicted octanol–water partition coefficient (Wildman–Crippen LogP) is 3.06. The van der Waals surface area contributed by atoms with Gasteiger partial charge in [0.2, 0.25) is 5.91 Å². The fourth-order valence-electron chi connectivity index (χ4n) is 3.41. The Balaban J connectivity index is 1.46. The molecule has 6 nitrogen and oxygen atoms in total. The largest absolute Gasteiger partial charge is 0.493 e. The van der Waals surface area contributed by atoms with Crippen molar-refractivity contribution in [3.05, 3.63) is 46.9 Å². The van der Waals surface area contributed by atoms with Gasteiger partial charge in [-0.3, -0.25) is 4.79 Å². The third-order valence-electron chi connectivity index (χ3n) is 4.91. The van der Waals surface area contributed by atoms with Crippen molar-refractivity contribution in [2.45, 2.75) is 39.3 Å². The number of ether oxygens (including phenoxy) is 2. The van der Waals surface area contributed by atoms with Gasteiger partial charge in [0, 0.05) is 19.5 Å². The Labute approximate surface area is 160 Å². The number of furan rings is 1. The van der Waals surface area contributed by atoms with Crippen molar-refractivity contribution in [2.75, 3.05) is 27.3 Å². The fraction of sp³-hybridized carbons (Fsp3) is 0.476. The minimum atomic E-state index is 0.200. The molecule has 0 bridgehead atoms. The smallest absolute Gasteiger partial charge is 0.222 e. The summed E-state index contributed by atoms with van der Waals surface area (Å²) < 4.78 is 16.3. The summed E-state index contributed by atoms with van der Waals surface area (Å²) in [6, 6.07) is 7.94. The number of fused-ring (bicyclic) bond motifs is 1. The summed E-state index contributed by atoms with van der Waals surface area (Å²) in [5.74, 6) is 3.50. The average Bonchev–Trinajstić information content (AvgIpc) is 3.10. The zero-order valence-corrected chi connectivity index (χ0v) is 16.3. The molecule has 0 unspecified atom stereocenters. The van der Waals surface area contributed by atoms with E-state index < -0.39 is 0 Å². The molecular weight excluding hydrogens is 344 g/mol. The zero-order chi connectivity index (χ0) is 19.2. The molecule has 0 spiro atoms. The lowest BCUT2D eigenvalue weighted by atomic mass is 9.98. The molecule has 3 rings (SSSR count). The van der Waals surface area contributed by atoms with E-state index in [0.717, 1.165) is 48.8 Å². The van der Waals surface area contributed by atoms with Gasteiger partial charge in [0.05, 0.1) is 20.8 Å². The zero-order valence-electron chi connectivity index (χ0n) is 16.3. The molecule has 0 fully saturated rings. The first-order valence-electron chi connectivity index (χ1n) is 9.38. The van der Waals surface area contributed by atoms with Crippen LogP contribution in [0.3, 0.4) is 0 Å². The van der Waals surface area contributed by atoms with Crippen LogP contribution in [0.25, 0.3) is 0 Å². The fourth-order valence-corrected chi connectivity index (χ4v) is 3.41.